The number of halogens is 1. The molecule has 3 heteroatoms. The van der Waals surface area contributed by atoms with Gasteiger partial charge in [0.15, 0.2) is 0 Å². The number of aryl methyl sites for hydroxylation is 2. The molecule has 1 unspecified atom stereocenters. The van der Waals surface area contributed by atoms with Gasteiger partial charge in [0.1, 0.15) is 11.5 Å². The predicted molar refractivity (Wildman–Crippen MR) is 90.8 cm³/mol. The summed E-state index contributed by atoms with van der Waals surface area (Å²) in [5.74, 6) is 1.90. The van der Waals surface area contributed by atoms with Crippen LogP contribution < -0.4 is 9.47 Å². The normalized spacial score (nSPS) is 12.0. The molecule has 0 N–H and O–H groups in total. The second kappa shape index (κ2) is 6.99. The molecule has 0 aliphatic heterocycles. The average molecular weight is 349 g/mol. The zero-order chi connectivity index (χ0) is 15.4. The number of rotatable bonds is 5. The fraction of sp³-hybridized carbons (Fsp3) is 0.333. The highest BCUT2D eigenvalue weighted by Gasteiger charge is 2.14. The van der Waals surface area contributed by atoms with E-state index in [0.717, 1.165) is 29.0 Å². The van der Waals surface area contributed by atoms with Crippen LogP contribution >= 0.6 is 15.9 Å². The Morgan fingerprint density at radius 1 is 1.00 bits per heavy atom. The molecule has 0 aliphatic carbocycles. The molecule has 0 radical (unpaired) electrons. The van der Waals surface area contributed by atoms with Gasteiger partial charge in [-0.3, -0.25) is 0 Å². The second-order valence-corrected chi connectivity index (χ2v) is 6.28. The molecule has 0 amide bonds. The minimum atomic E-state index is 0.247. The number of hydrogen-bond donors (Lipinski definition) is 0. The Hall–Kier alpha value is -1.48. The maximum absolute atomic E-state index is 5.43. The van der Waals surface area contributed by atoms with Crippen LogP contribution in [0.3, 0.4) is 0 Å². The molecule has 112 valence electrons. The van der Waals surface area contributed by atoms with Gasteiger partial charge < -0.3 is 9.47 Å². The molecule has 1 atom stereocenters. The average Bonchev–Trinajstić information content (AvgIpc) is 2.47. The van der Waals surface area contributed by atoms with Gasteiger partial charge >= 0.3 is 0 Å². The SMILES string of the molecule is COc1ccccc1CC(Br)c1cc(C)c(OC)c(C)c1. The Labute approximate surface area is 135 Å². The molecule has 0 spiro atoms. The second-order valence-electron chi connectivity index (χ2n) is 5.17. The number of para-hydroxylation sites is 1. The largest absolute Gasteiger partial charge is 0.496 e. The molecule has 0 saturated carbocycles. The van der Waals surface area contributed by atoms with E-state index in [4.69, 9.17) is 9.47 Å². The lowest BCUT2D eigenvalue weighted by Crippen LogP contribution is -2.00. The minimum Gasteiger partial charge on any atom is -0.496 e. The van der Waals surface area contributed by atoms with Crippen LogP contribution in [0.5, 0.6) is 11.5 Å². The van der Waals surface area contributed by atoms with Crippen molar-refractivity contribution in [2.45, 2.75) is 25.1 Å². The molecule has 0 fully saturated rings. The summed E-state index contributed by atoms with van der Waals surface area (Å²) in [4.78, 5) is 0.247. The Morgan fingerprint density at radius 3 is 2.19 bits per heavy atom. The fourth-order valence-electron chi connectivity index (χ4n) is 2.67. The molecule has 0 heterocycles. The van der Waals surface area contributed by atoms with Crippen molar-refractivity contribution < 1.29 is 9.47 Å². The lowest BCUT2D eigenvalue weighted by Gasteiger charge is -2.16. The van der Waals surface area contributed by atoms with Gasteiger partial charge in [-0.25, -0.2) is 0 Å². The van der Waals surface area contributed by atoms with Crippen molar-refractivity contribution >= 4 is 15.9 Å². The Balaban J connectivity index is 2.26. The van der Waals surface area contributed by atoms with Crippen LogP contribution in [-0.4, -0.2) is 14.2 Å². The van der Waals surface area contributed by atoms with Crippen LogP contribution in [0.25, 0.3) is 0 Å². The standard InChI is InChI=1S/C18H21BrO2/c1-12-9-15(10-13(2)18(12)21-4)16(19)11-14-7-5-6-8-17(14)20-3/h5-10,16H,11H2,1-4H3. The Morgan fingerprint density at radius 2 is 1.62 bits per heavy atom. The van der Waals surface area contributed by atoms with E-state index in [9.17, 15) is 0 Å². The topological polar surface area (TPSA) is 18.5 Å². The number of hydrogen-bond acceptors (Lipinski definition) is 2. The fourth-order valence-corrected chi connectivity index (χ4v) is 3.28. The highest BCUT2D eigenvalue weighted by atomic mass is 79.9. The Bertz CT molecular complexity index is 599. The monoisotopic (exact) mass is 348 g/mol. The first-order valence-corrected chi connectivity index (χ1v) is 7.89. The summed E-state index contributed by atoms with van der Waals surface area (Å²) in [7, 11) is 3.43. The molecule has 0 bridgehead atoms. The first-order chi connectivity index (χ1) is 10.1. The summed E-state index contributed by atoms with van der Waals surface area (Å²) < 4.78 is 10.9. The smallest absolute Gasteiger partial charge is 0.124 e. The number of alkyl halides is 1. The third-order valence-corrected chi connectivity index (χ3v) is 4.49. The first-order valence-electron chi connectivity index (χ1n) is 6.98. The summed E-state index contributed by atoms with van der Waals surface area (Å²) in [6.45, 7) is 4.16. The van der Waals surface area contributed by atoms with Gasteiger partial charge in [-0.15, -0.1) is 0 Å². The van der Waals surface area contributed by atoms with Crippen LogP contribution in [0.1, 0.15) is 27.1 Å². The summed E-state index contributed by atoms with van der Waals surface area (Å²) in [5.41, 5.74) is 4.79. The van der Waals surface area contributed by atoms with E-state index in [0.29, 0.717) is 0 Å². The lowest BCUT2D eigenvalue weighted by atomic mass is 9.99. The van der Waals surface area contributed by atoms with E-state index in [2.05, 4.69) is 48.0 Å². The maximum atomic E-state index is 5.43. The summed E-state index contributed by atoms with van der Waals surface area (Å²) in [5, 5.41) is 0. The van der Waals surface area contributed by atoms with Gasteiger partial charge in [-0.2, -0.15) is 0 Å². The summed E-state index contributed by atoms with van der Waals surface area (Å²) in [6.07, 6.45) is 0.884. The molecule has 0 saturated heterocycles. The number of benzene rings is 2. The van der Waals surface area contributed by atoms with Crippen molar-refractivity contribution in [2.75, 3.05) is 14.2 Å². The van der Waals surface area contributed by atoms with E-state index in [1.54, 1.807) is 14.2 Å². The van der Waals surface area contributed by atoms with E-state index >= 15 is 0 Å². The summed E-state index contributed by atoms with van der Waals surface area (Å²) in [6, 6.07) is 12.5. The lowest BCUT2D eigenvalue weighted by molar-refractivity contribution is 0.408. The maximum Gasteiger partial charge on any atom is 0.124 e. The third-order valence-electron chi connectivity index (χ3n) is 3.64. The molecule has 2 nitrogen and oxygen atoms in total. The third kappa shape index (κ3) is 3.59. The zero-order valence-electron chi connectivity index (χ0n) is 12.9. The van der Waals surface area contributed by atoms with Crippen molar-refractivity contribution in [3.05, 3.63) is 58.7 Å². The molecule has 2 aromatic rings. The van der Waals surface area contributed by atoms with Gasteiger partial charge in [0.05, 0.1) is 14.2 Å². The van der Waals surface area contributed by atoms with Crippen LogP contribution in [0.4, 0.5) is 0 Å². The van der Waals surface area contributed by atoms with Crippen molar-refractivity contribution in [2.24, 2.45) is 0 Å². The molecule has 0 aromatic heterocycles. The van der Waals surface area contributed by atoms with Crippen LogP contribution in [0, 0.1) is 13.8 Å². The van der Waals surface area contributed by atoms with Gasteiger partial charge in [0.2, 0.25) is 0 Å². The van der Waals surface area contributed by atoms with Gasteiger partial charge in [-0.05, 0) is 48.6 Å². The molecule has 2 rings (SSSR count). The van der Waals surface area contributed by atoms with Crippen molar-refractivity contribution in [1.82, 2.24) is 0 Å². The Kier molecular flexibility index (Phi) is 5.29. The van der Waals surface area contributed by atoms with Crippen LogP contribution in [0.2, 0.25) is 0 Å². The molecular weight excluding hydrogens is 328 g/mol. The number of ether oxygens (including phenoxy) is 2. The van der Waals surface area contributed by atoms with Gasteiger partial charge in [0, 0.05) is 4.83 Å². The molecule has 21 heavy (non-hydrogen) atoms. The molecule has 2 aromatic carbocycles. The molecular formula is C18H21BrO2. The van der Waals surface area contributed by atoms with Crippen molar-refractivity contribution in [3.63, 3.8) is 0 Å². The highest BCUT2D eigenvalue weighted by Crippen LogP contribution is 2.34. The van der Waals surface area contributed by atoms with E-state index in [-0.39, 0.29) is 4.83 Å². The van der Waals surface area contributed by atoms with Crippen molar-refractivity contribution in [3.8, 4) is 11.5 Å². The predicted octanol–water partition coefficient (Wildman–Crippen LogP) is 5.00. The van der Waals surface area contributed by atoms with E-state index in [1.165, 1.54) is 11.1 Å². The quantitative estimate of drug-likeness (QED) is 0.708. The van der Waals surface area contributed by atoms with Crippen LogP contribution in [0.15, 0.2) is 36.4 Å². The number of methoxy groups -OCH3 is 2. The minimum absolute atomic E-state index is 0.247. The zero-order valence-corrected chi connectivity index (χ0v) is 14.5. The van der Waals surface area contributed by atoms with Gasteiger partial charge in [0.25, 0.3) is 0 Å². The molecule has 0 aliphatic rings. The van der Waals surface area contributed by atoms with E-state index in [1.807, 2.05) is 18.2 Å². The van der Waals surface area contributed by atoms with E-state index < -0.39 is 0 Å². The summed E-state index contributed by atoms with van der Waals surface area (Å²) >= 11 is 3.80. The van der Waals surface area contributed by atoms with Gasteiger partial charge in [-0.1, -0.05) is 46.3 Å². The van der Waals surface area contributed by atoms with Crippen molar-refractivity contribution in [1.29, 1.82) is 0 Å². The van der Waals surface area contributed by atoms with Crippen LogP contribution in [-0.2, 0) is 6.42 Å². The highest BCUT2D eigenvalue weighted by molar-refractivity contribution is 9.09. The first kappa shape index (κ1) is 15.9.